The van der Waals surface area contributed by atoms with Gasteiger partial charge in [0, 0.05) is 71.5 Å². The Morgan fingerprint density at radius 2 is 0.742 bits per heavy atom. The number of benzene rings is 12. The van der Waals surface area contributed by atoms with Crippen LogP contribution in [0.1, 0.15) is 63.8 Å². The van der Waals surface area contributed by atoms with Crippen molar-refractivity contribution in [3.05, 3.63) is 301 Å². The number of para-hydroxylation sites is 2. The molecule has 2 N–H and O–H groups in total. The summed E-state index contributed by atoms with van der Waals surface area (Å²) in [7, 11) is 0. The second kappa shape index (κ2) is 27.5. The molecule has 0 radical (unpaired) electrons. The maximum atomic E-state index is 10.6. The van der Waals surface area contributed by atoms with Crippen molar-refractivity contribution in [3.63, 3.8) is 0 Å². The minimum atomic E-state index is -0.0369. The molecule has 0 bridgehead atoms. The van der Waals surface area contributed by atoms with E-state index in [1.807, 2.05) is 97.1 Å². The number of aromatic nitrogens is 2. The zero-order valence-corrected chi connectivity index (χ0v) is 56.4. The summed E-state index contributed by atoms with van der Waals surface area (Å²) < 4.78 is 2.21. The van der Waals surface area contributed by atoms with Gasteiger partial charge in [0.1, 0.15) is 21.5 Å². The first-order chi connectivity index (χ1) is 44.7. The summed E-state index contributed by atoms with van der Waals surface area (Å²) in [5.74, 6) is 0.424. The Kier molecular flexibility index (Phi) is 18.7. The fourth-order valence-electron chi connectivity index (χ4n) is 11.3. The van der Waals surface area contributed by atoms with Crippen LogP contribution in [0.15, 0.2) is 283 Å². The Balaban J connectivity index is 0.000000177. The van der Waals surface area contributed by atoms with Crippen molar-refractivity contribution in [3.8, 4) is 99.4 Å². The Bertz CT molecular complexity index is 4710. The molecule has 0 aliphatic rings. The van der Waals surface area contributed by atoms with Gasteiger partial charge in [0.15, 0.2) is 0 Å². The third-order valence-corrected chi connectivity index (χ3v) is 18.5. The second-order valence-corrected chi connectivity index (χ2v) is 27.0. The molecule has 0 amide bonds. The van der Waals surface area contributed by atoms with Crippen LogP contribution >= 0.6 is 22.7 Å². The summed E-state index contributed by atoms with van der Waals surface area (Å²) in [5.41, 5.74) is 22.7. The summed E-state index contributed by atoms with van der Waals surface area (Å²) in [6.07, 6.45) is 3.50. The van der Waals surface area contributed by atoms with Gasteiger partial charge in [-0.05, 0) is 151 Å². The monoisotopic (exact) mass is 1420 g/mol. The average Bonchev–Trinajstić information content (AvgIpc) is 1.68. The summed E-state index contributed by atoms with van der Waals surface area (Å²) in [6, 6.07) is 97.0. The number of fused-ring (bicyclic) bond motifs is 2. The number of aromatic hydroxyl groups is 2. The number of phenolic OH excluding ortho intramolecular Hbond substituents is 2. The molecule has 12 aromatic carbocycles. The molecule has 458 valence electrons. The van der Waals surface area contributed by atoms with Crippen LogP contribution in [0.2, 0.25) is 0 Å². The van der Waals surface area contributed by atoms with E-state index in [-0.39, 0.29) is 43.4 Å². The van der Waals surface area contributed by atoms with E-state index >= 15 is 0 Å². The average molecular weight is 1420 g/mol. The predicted octanol–water partition coefficient (Wildman–Crippen LogP) is 23.2. The number of thiazole rings is 2. The van der Waals surface area contributed by atoms with Crippen molar-refractivity contribution >= 4 is 66.9 Å². The first kappa shape index (κ1) is 63.2. The van der Waals surface area contributed by atoms with Crippen molar-refractivity contribution in [2.45, 2.75) is 52.4 Å². The van der Waals surface area contributed by atoms with Crippen LogP contribution < -0.4 is 0 Å². The number of hydrogen-bond donors (Lipinski definition) is 2. The maximum absolute atomic E-state index is 10.6. The molecule has 0 saturated heterocycles. The molecule has 93 heavy (non-hydrogen) atoms. The molecule has 0 atom stereocenters. The van der Waals surface area contributed by atoms with Gasteiger partial charge in [-0.3, -0.25) is 9.98 Å². The van der Waals surface area contributed by atoms with E-state index in [0.29, 0.717) is 11.1 Å². The smallest absolute Gasteiger partial charge is 0.126 e. The van der Waals surface area contributed by atoms with Gasteiger partial charge in [0.05, 0.1) is 21.6 Å². The Morgan fingerprint density at radius 3 is 1.18 bits per heavy atom. The minimum absolute atomic E-state index is 0. The quantitative estimate of drug-likeness (QED) is 0.0942. The van der Waals surface area contributed by atoms with Crippen molar-refractivity contribution < 1.29 is 31.3 Å². The molecule has 0 unspecified atom stereocenters. The molecular weight excluding hydrogens is 1360 g/mol. The third kappa shape index (κ3) is 14.3. The molecule has 9 heteroatoms. The molecule has 0 spiro atoms. The van der Waals surface area contributed by atoms with Crippen LogP contribution in [0.3, 0.4) is 0 Å². The molecule has 0 aliphatic heterocycles. The van der Waals surface area contributed by atoms with E-state index < -0.39 is 0 Å². The van der Waals surface area contributed by atoms with E-state index in [4.69, 9.17) is 20.0 Å². The Morgan fingerprint density at radius 1 is 0.355 bits per heavy atom. The maximum Gasteiger partial charge on any atom is 0.126 e. The first-order valence-electron chi connectivity index (χ1n) is 30.8. The number of hydrogen-bond acceptors (Lipinski definition) is 8. The van der Waals surface area contributed by atoms with Crippen molar-refractivity contribution in [2.75, 3.05) is 0 Å². The van der Waals surface area contributed by atoms with Gasteiger partial charge < -0.3 is 10.2 Å². The van der Waals surface area contributed by atoms with Crippen LogP contribution in [-0.4, -0.2) is 32.6 Å². The number of rotatable bonds is 12. The summed E-state index contributed by atoms with van der Waals surface area (Å²) in [5, 5.41) is 23.0. The molecular formula is C84H67N4O2PtS2-. The van der Waals surface area contributed by atoms with Gasteiger partial charge in [-0.25, -0.2) is 9.97 Å². The largest absolute Gasteiger partial charge is 0.507 e. The van der Waals surface area contributed by atoms with Gasteiger partial charge >= 0.3 is 0 Å². The number of aliphatic imine (C=N–C) groups is 2. The number of phenols is 2. The van der Waals surface area contributed by atoms with Crippen molar-refractivity contribution in [2.24, 2.45) is 9.98 Å². The van der Waals surface area contributed by atoms with Crippen LogP contribution in [0.25, 0.3) is 108 Å². The van der Waals surface area contributed by atoms with Gasteiger partial charge in [-0.1, -0.05) is 217 Å². The van der Waals surface area contributed by atoms with Crippen LogP contribution in [0.5, 0.6) is 11.5 Å². The second-order valence-electron chi connectivity index (χ2n) is 24.9. The molecule has 2 aromatic heterocycles. The zero-order chi connectivity index (χ0) is 63.3. The predicted molar refractivity (Wildman–Crippen MR) is 390 cm³/mol. The molecule has 0 saturated carbocycles. The molecule has 2 heterocycles. The van der Waals surface area contributed by atoms with Gasteiger partial charge in [-0.2, -0.15) is 0 Å². The zero-order valence-electron chi connectivity index (χ0n) is 52.5. The molecule has 14 rings (SSSR count). The SMILES string of the molecule is CC(C)(C)c1ccc(O)c(C=Nc2ccccc2-c2nc3c(-c4[c-]cccc4)cc(-c4cccc(-c5ccccc5)c4)cc3s2)c1.CC(C)(C)c1ccc(O)c(C=Nc2ccccc2-c2nc3c(-c4ccccc4)cc(-c4cccc(-c5ccccc5)c4)cc3s2)c1.[Pt]. The normalized spacial score (nSPS) is 11.7. The summed E-state index contributed by atoms with van der Waals surface area (Å²) in [4.78, 5) is 20.2. The van der Waals surface area contributed by atoms with E-state index in [1.54, 1.807) is 47.2 Å². The van der Waals surface area contributed by atoms with Gasteiger partial charge in [-0.15, -0.1) is 58.6 Å². The van der Waals surface area contributed by atoms with Crippen molar-refractivity contribution in [1.29, 1.82) is 0 Å². The van der Waals surface area contributed by atoms with Crippen LogP contribution in [0.4, 0.5) is 11.4 Å². The Labute approximate surface area is 567 Å². The topological polar surface area (TPSA) is 91.0 Å². The Hall–Kier alpha value is -9.95. The van der Waals surface area contributed by atoms with Gasteiger partial charge in [0.2, 0.25) is 0 Å². The van der Waals surface area contributed by atoms with E-state index in [0.717, 1.165) is 109 Å². The van der Waals surface area contributed by atoms with E-state index in [1.165, 1.54) is 22.3 Å². The molecule has 0 aliphatic carbocycles. The molecule has 6 nitrogen and oxygen atoms in total. The third-order valence-electron chi connectivity index (χ3n) is 16.4. The van der Waals surface area contributed by atoms with Crippen molar-refractivity contribution in [1.82, 2.24) is 9.97 Å². The molecule has 14 aromatic rings. The number of nitrogens with zero attached hydrogens (tertiary/aromatic N) is 4. The molecule has 0 fully saturated rings. The van der Waals surface area contributed by atoms with E-state index in [2.05, 4.69) is 211 Å². The summed E-state index contributed by atoms with van der Waals surface area (Å²) in [6.45, 7) is 13.0. The van der Waals surface area contributed by atoms with Gasteiger partial charge in [0.25, 0.3) is 0 Å². The van der Waals surface area contributed by atoms with Crippen LogP contribution in [0, 0.1) is 6.07 Å². The fraction of sp³-hybridized carbons (Fsp3) is 0.0952. The van der Waals surface area contributed by atoms with E-state index in [9.17, 15) is 10.2 Å². The van der Waals surface area contributed by atoms with Crippen LogP contribution in [-0.2, 0) is 31.9 Å². The minimum Gasteiger partial charge on any atom is -0.507 e. The first-order valence-corrected chi connectivity index (χ1v) is 32.5. The standard InChI is InChI=1S/C42H34N2OS.C42H33N2OS.Pt/c2*1-42(2,3)34-21-22-38(45)33(24-34)27-43-37-20-11-10-19-35(37)41-44-40-36(29-15-8-5-9-16-29)25-32(26-39(40)46-41)31-18-12-17-30(23-31)28-13-6-4-7-14-28;/h4-27,45H,1-3H3;4-15,17-27,45H,1-3H3;/q;-1;. The fourth-order valence-corrected chi connectivity index (χ4v) is 13.4. The summed E-state index contributed by atoms with van der Waals surface area (Å²) >= 11 is 3.34.